The first kappa shape index (κ1) is 15.8. The van der Waals surface area contributed by atoms with Crippen LogP contribution in [-0.4, -0.2) is 32.8 Å². The summed E-state index contributed by atoms with van der Waals surface area (Å²) in [6, 6.07) is 6.32. The van der Waals surface area contributed by atoms with Crippen LogP contribution in [0.5, 0.6) is 0 Å². The molecule has 7 heteroatoms. The predicted octanol–water partition coefficient (Wildman–Crippen LogP) is 1.97. The Hall–Kier alpha value is -3.09. The number of carbonyl (C=O) groups is 3. The van der Waals surface area contributed by atoms with E-state index in [2.05, 4.69) is 9.97 Å². The molecule has 7 nitrogen and oxygen atoms in total. The molecule has 0 saturated heterocycles. The van der Waals surface area contributed by atoms with Gasteiger partial charge in [-0.1, -0.05) is 31.0 Å². The van der Waals surface area contributed by atoms with Crippen LogP contribution in [0.3, 0.4) is 0 Å². The summed E-state index contributed by atoms with van der Waals surface area (Å²) in [5.74, 6) is -2.12. The number of benzene rings is 1. The zero-order valence-corrected chi connectivity index (χ0v) is 13.3. The minimum absolute atomic E-state index is 0.207. The molecule has 2 heterocycles. The van der Waals surface area contributed by atoms with Gasteiger partial charge < -0.3 is 4.84 Å². The second-order valence-electron chi connectivity index (χ2n) is 5.18. The molecule has 0 saturated carbocycles. The monoisotopic (exact) mass is 325 g/mol. The number of hydrogen-bond donors (Lipinski definition) is 0. The number of nitrogens with zero attached hydrogens (tertiary/aromatic N) is 3. The number of imide groups is 1. The maximum atomic E-state index is 12.6. The number of hydroxylamine groups is 2. The molecule has 1 aliphatic rings. The molecule has 0 N–H and O–H groups in total. The lowest BCUT2D eigenvalue weighted by Gasteiger charge is -2.15. The van der Waals surface area contributed by atoms with Gasteiger partial charge in [-0.3, -0.25) is 9.59 Å². The molecule has 0 fully saturated rings. The first-order valence-electron chi connectivity index (χ1n) is 7.61. The Morgan fingerprint density at radius 2 is 1.50 bits per heavy atom. The summed E-state index contributed by atoms with van der Waals surface area (Å²) < 4.78 is 0. The number of rotatable bonds is 4. The smallest absolute Gasteiger partial charge is 0.324 e. The van der Waals surface area contributed by atoms with Gasteiger partial charge in [0.15, 0.2) is 0 Å². The normalized spacial score (nSPS) is 13.2. The first-order valence-corrected chi connectivity index (χ1v) is 7.61. The third-order valence-corrected chi connectivity index (χ3v) is 3.81. The van der Waals surface area contributed by atoms with Gasteiger partial charge in [0.25, 0.3) is 11.8 Å². The number of hydrogen-bond acceptors (Lipinski definition) is 6. The summed E-state index contributed by atoms with van der Waals surface area (Å²) in [4.78, 5) is 50.4. The number of aromatic nitrogens is 2. The lowest BCUT2D eigenvalue weighted by Crippen LogP contribution is -2.33. The summed E-state index contributed by atoms with van der Waals surface area (Å²) >= 11 is 0. The second-order valence-corrected chi connectivity index (χ2v) is 5.18. The molecule has 1 aliphatic heterocycles. The van der Waals surface area contributed by atoms with Crippen LogP contribution in [0.2, 0.25) is 0 Å². The Bertz CT molecular complexity index is 790. The lowest BCUT2D eigenvalue weighted by atomic mass is 10.1. The van der Waals surface area contributed by atoms with E-state index in [1.807, 2.05) is 13.8 Å². The van der Waals surface area contributed by atoms with Gasteiger partial charge in [0.05, 0.1) is 22.5 Å². The molecular weight excluding hydrogens is 310 g/mol. The molecule has 0 atom stereocenters. The molecule has 3 rings (SSSR count). The fraction of sp³-hybridized carbons (Fsp3) is 0.235. The van der Waals surface area contributed by atoms with E-state index in [1.165, 1.54) is 18.5 Å². The summed E-state index contributed by atoms with van der Waals surface area (Å²) in [6.07, 6.45) is 2.39. The fourth-order valence-electron chi connectivity index (χ4n) is 2.61. The summed E-state index contributed by atoms with van der Waals surface area (Å²) in [5, 5.41) is 0.499. The molecule has 0 unspecified atom stereocenters. The van der Waals surface area contributed by atoms with E-state index in [4.69, 9.17) is 4.84 Å². The van der Waals surface area contributed by atoms with Crippen molar-refractivity contribution in [1.82, 2.24) is 15.0 Å². The quantitative estimate of drug-likeness (QED) is 0.798. The van der Waals surface area contributed by atoms with Crippen LogP contribution in [0.25, 0.3) is 0 Å². The van der Waals surface area contributed by atoms with Gasteiger partial charge in [0.2, 0.25) is 0 Å². The molecule has 0 aliphatic carbocycles. The van der Waals surface area contributed by atoms with Crippen molar-refractivity contribution in [2.24, 2.45) is 0 Å². The zero-order valence-electron chi connectivity index (χ0n) is 13.3. The van der Waals surface area contributed by atoms with E-state index in [9.17, 15) is 14.4 Å². The highest BCUT2D eigenvalue weighted by atomic mass is 16.7. The largest absolute Gasteiger partial charge is 0.367 e. The Kier molecular flexibility index (Phi) is 4.07. The fourth-order valence-corrected chi connectivity index (χ4v) is 2.61. The maximum Gasteiger partial charge on any atom is 0.367 e. The van der Waals surface area contributed by atoms with Crippen LogP contribution in [0.4, 0.5) is 0 Å². The van der Waals surface area contributed by atoms with Crippen LogP contribution in [0, 0.1) is 0 Å². The summed E-state index contributed by atoms with van der Waals surface area (Å²) in [6.45, 7) is 3.70. The molecule has 1 aromatic heterocycles. The van der Waals surface area contributed by atoms with Crippen molar-refractivity contribution < 1.29 is 19.2 Å². The van der Waals surface area contributed by atoms with E-state index in [-0.39, 0.29) is 16.7 Å². The highest BCUT2D eigenvalue weighted by molar-refractivity contribution is 6.21. The third-order valence-electron chi connectivity index (χ3n) is 3.81. The van der Waals surface area contributed by atoms with E-state index in [1.54, 1.807) is 12.1 Å². The van der Waals surface area contributed by atoms with Crippen molar-refractivity contribution in [3.63, 3.8) is 0 Å². The Labute approximate surface area is 138 Å². The Morgan fingerprint density at radius 3 is 1.96 bits per heavy atom. The first-order chi connectivity index (χ1) is 11.6. The van der Waals surface area contributed by atoms with Gasteiger partial charge in [-0.15, -0.1) is 0 Å². The molecule has 0 radical (unpaired) electrons. The van der Waals surface area contributed by atoms with Crippen molar-refractivity contribution >= 4 is 17.8 Å². The van der Waals surface area contributed by atoms with Crippen molar-refractivity contribution in [3.05, 3.63) is 58.7 Å². The molecule has 0 spiro atoms. The number of carbonyl (C=O) groups excluding carboxylic acids is 3. The van der Waals surface area contributed by atoms with Crippen molar-refractivity contribution in [1.29, 1.82) is 0 Å². The lowest BCUT2D eigenvalue weighted by molar-refractivity contribution is -0.0586. The molecule has 2 amide bonds. The third kappa shape index (κ3) is 2.44. The summed E-state index contributed by atoms with van der Waals surface area (Å²) in [7, 11) is 0. The highest BCUT2D eigenvalue weighted by Crippen LogP contribution is 2.24. The van der Waals surface area contributed by atoms with Crippen LogP contribution in [0.15, 0.2) is 30.6 Å². The predicted molar refractivity (Wildman–Crippen MR) is 83.1 cm³/mol. The minimum atomic E-state index is -0.807. The Balaban J connectivity index is 1.92. The van der Waals surface area contributed by atoms with Gasteiger partial charge >= 0.3 is 5.97 Å². The van der Waals surface area contributed by atoms with Crippen molar-refractivity contribution in [3.8, 4) is 0 Å². The average Bonchev–Trinajstić information content (AvgIpc) is 2.86. The molecule has 1 aromatic carbocycles. The van der Waals surface area contributed by atoms with Crippen LogP contribution in [0.1, 0.15) is 56.3 Å². The van der Waals surface area contributed by atoms with E-state index in [0.717, 1.165) is 0 Å². The summed E-state index contributed by atoms with van der Waals surface area (Å²) in [5.41, 5.74) is 1.67. The van der Waals surface area contributed by atoms with Gasteiger partial charge in [0, 0.05) is 0 Å². The Morgan fingerprint density at radius 1 is 1.00 bits per heavy atom. The highest BCUT2D eigenvalue weighted by Gasteiger charge is 2.39. The molecule has 122 valence electrons. The van der Waals surface area contributed by atoms with Crippen LogP contribution >= 0.6 is 0 Å². The van der Waals surface area contributed by atoms with E-state index in [0.29, 0.717) is 29.3 Å². The van der Waals surface area contributed by atoms with Gasteiger partial charge in [-0.2, -0.15) is 0 Å². The maximum absolute atomic E-state index is 12.6. The number of amides is 2. The SMILES string of the molecule is CCc1ncnc(CC)c1C(=O)ON1C(=O)c2ccccc2C1=O. The standard InChI is InChI=1S/C17H15N3O4/c1-3-12-14(13(4-2)19-9-18-12)17(23)24-20-15(21)10-7-5-6-8-11(10)16(20)22/h5-9H,3-4H2,1-2H3. The second kappa shape index (κ2) is 6.19. The van der Waals surface area contributed by atoms with Gasteiger partial charge in [0.1, 0.15) is 11.9 Å². The van der Waals surface area contributed by atoms with Crippen molar-refractivity contribution in [2.45, 2.75) is 26.7 Å². The van der Waals surface area contributed by atoms with Crippen molar-refractivity contribution in [2.75, 3.05) is 0 Å². The van der Waals surface area contributed by atoms with Gasteiger partial charge in [-0.25, -0.2) is 14.8 Å². The number of aryl methyl sites for hydroxylation is 2. The van der Waals surface area contributed by atoms with E-state index >= 15 is 0 Å². The molecular formula is C17H15N3O4. The average molecular weight is 325 g/mol. The van der Waals surface area contributed by atoms with Gasteiger partial charge in [-0.05, 0) is 25.0 Å². The molecule has 0 bridgehead atoms. The number of fused-ring (bicyclic) bond motifs is 1. The molecule has 2 aromatic rings. The zero-order chi connectivity index (χ0) is 17.3. The van der Waals surface area contributed by atoms with E-state index < -0.39 is 17.8 Å². The topological polar surface area (TPSA) is 89.5 Å². The van der Waals surface area contributed by atoms with Crippen LogP contribution < -0.4 is 0 Å². The van der Waals surface area contributed by atoms with Crippen LogP contribution in [-0.2, 0) is 17.7 Å². The minimum Gasteiger partial charge on any atom is -0.324 e. The molecule has 24 heavy (non-hydrogen) atoms.